The molecule has 3 aromatic rings. The molecule has 0 fully saturated rings. The number of ether oxygens (including phenoxy) is 2. The molecule has 0 saturated carbocycles. The van der Waals surface area contributed by atoms with Gasteiger partial charge in [0.15, 0.2) is 11.5 Å². The van der Waals surface area contributed by atoms with Gasteiger partial charge in [-0.25, -0.2) is 0 Å². The number of aromatic amines is 1. The third-order valence-electron chi connectivity index (χ3n) is 4.72. The molecule has 1 atom stereocenters. The molecule has 2 aromatic carbocycles. The summed E-state index contributed by atoms with van der Waals surface area (Å²) in [5.74, 6) is 1.85. The molecule has 4 rings (SSSR count). The zero-order valence-corrected chi connectivity index (χ0v) is 14.9. The Morgan fingerprint density at radius 3 is 2.84 bits per heavy atom. The third-order valence-corrected chi connectivity index (χ3v) is 5.03. The summed E-state index contributed by atoms with van der Waals surface area (Å²) in [4.78, 5) is 3.36. The summed E-state index contributed by atoms with van der Waals surface area (Å²) in [5, 5.41) is 5.11. The normalized spacial score (nSPS) is 14.6. The van der Waals surface area contributed by atoms with Crippen LogP contribution >= 0.6 is 11.6 Å². The Morgan fingerprint density at radius 1 is 1.12 bits per heavy atom. The highest BCUT2D eigenvalue weighted by Crippen LogP contribution is 2.44. The van der Waals surface area contributed by atoms with Crippen LogP contribution in [0, 0.1) is 0 Å². The number of halogens is 1. The van der Waals surface area contributed by atoms with Crippen LogP contribution in [0.2, 0.25) is 5.02 Å². The van der Waals surface area contributed by atoms with Crippen LogP contribution in [-0.2, 0) is 0 Å². The summed E-state index contributed by atoms with van der Waals surface area (Å²) in [6.45, 7) is 2.07. The molecule has 0 amide bonds. The molecular formula is C20H21ClN2O2. The molecular weight excluding hydrogens is 336 g/mol. The number of rotatable bonds is 5. The second-order valence-corrected chi connectivity index (χ2v) is 6.63. The van der Waals surface area contributed by atoms with Crippen molar-refractivity contribution in [3.63, 3.8) is 0 Å². The van der Waals surface area contributed by atoms with Crippen molar-refractivity contribution in [3.8, 4) is 11.5 Å². The Kier molecular flexibility index (Phi) is 4.55. The van der Waals surface area contributed by atoms with E-state index in [0.29, 0.717) is 13.2 Å². The number of hydrogen-bond acceptors (Lipinski definition) is 3. The lowest BCUT2D eigenvalue weighted by atomic mass is 9.87. The molecule has 0 spiro atoms. The van der Waals surface area contributed by atoms with Gasteiger partial charge in [-0.3, -0.25) is 0 Å². The lowest BCUT2D eigenvalue weighted by Gasteiger charge is -2.25. The van der Waals surface area contributed by atoms with Crippen LogP contribution in [-0.4, -0.2) is 31.8 Å². The first-order valence-corrected chi connectivity index (χ1v) is 8.96. The molecule has 1 unspecified atom stereocenters. The fourth-order valence-electron chi connectivity index (χ4n) is 3.58. The van der Waals surface area contributed by atoms with E-state index in [4.69, 9.17) is 21.1 Å². The van der Waals surface area contributed by atoms with Gasteiger partial charge in [-0.1, -0.05) is 29.8 Å². The molecule has 2 heterocycles. The number of benzene rings is 2. The van der Waals surface area contributed by atoms with Gasteiger partial charge in [-0.15, -0.1) is 0 Å². The van der Waals surface area contributed by atoms with Crippen molar-refractivity contribution in [1.29, 1.82) is 0 Å². The van der Waals surface area contributed by atoms with Crippen molar-refractivity contribution in [1.82, 2.24) is 10.3 Å². The number of hydrogen-bond donors (Lipinski definition) is 2. The van der Waals surface area contributed by atoms with Crippen molar-refractivity contribution in [2.45, 2.75) is 12.3 Å². The van der Waals surface area contributed by atoms with Gasteiger partial charge in [0.25, 0.3) is 0 Å². The number of para-hydroxylation sites is 1. The van der Waals surface area contributed by atoms with Crippen molar-refractivity contribution in [2.24, 2.45) is 0 Å². The van der Waals surface area contributed by atoms with Gasteiger partial charge < -0.3 is 19.8 Å². The highest BCUT2D eigenvalue weighted by Gasteiger charge is 2.25. The minimum Gasteiger partial charge on any atom is -0.486 e. The van der Waals surface area contributed by atoms with Crippen molar-refractivity contribution >= 4 is 22.5 Å². The van der Waals surface area contributed by atoms with E-state index in [2.05, 4.69) is 28.6 Å². The van der Waals surface area contributed by atoms with Gasteiger partial charge in [-0.05, 0) is 43.8 Å². The topological polar surface area (TPSA) is 46.3 Å². The van der Waals surface area contributed by atoms with Crippen LogP contribution in [0.3, 0.4) is 0 Å². The van der Waals surface area contributed by atoms with Crippen LogP contribution < -0.4 is 14.8 Å². The molecule has 1 aromatic heterocycles. The van der Waals surface area contributed by atoms with E-state index in [0.717, 1.165) is 46.0 Å². The highest BCUT2D eigenvalue weighted by molar-refractivity contribution is 6.35. The summed E-state index contributed by atoms with van der Waals surface area (Å²) in [6.07, 6.45) is 3.01. The Labute approximate surface area is 152 Å². The lowest BCUT2D eigenvalue weighted by molar-refractivity contribution is 0.169. The van der Waals surface area contributed by atoms with Gasteiger partial charge in [0.05, 0.1) is 5.02 Å². The summed E-state index contributed by atoms with van der Waals surface area (Å²) >= 11 is 6.52. The average molecular weight is 357 g/mol. The molecule has 0 saturated heterocycles. The maximum Gasteiger partial charge on any atom is 0.165 e. The van der Waals surface area contributed by atoms with Gasteiger partial charge in [0.1, 0.15) is 13.2 Å². The molecule has 2 N–H and O–H groups in total. The maximum absolute atomic E-state index is 6.52. The first-order valence-electron chi connectivity index (χ1n) is 8.58. The first kappa shape index (κ1) is 16.3. The molecule has 0 aliphatic carbocycles. The summed E-state index contributed by atoms with van der Waals surface area (Å²) in [7, 11) is 1.97. The van der Waals surface area contributed by atoms with Gasteiger partial charge in [-0.2, -0.15) is 0 Å². The van der Waals surface area contributed by atoms with Crippen LogP contribution in [0.4, 0.5) is 0 Å². The average Bonchev–Trinajstić information content (AvgIpc) is 3.08. The molecule has 0 radical (unpaired) electrons. The van der Waals surface area contributed by atoms with E-state index < -0.39 is 0 Å². The van der Waals surface area contributed by atoms with Crippen molar-refractivity contribution in [2.75, 3.05) is 26.8 Å². The molecule has 1 aliphatic rings. The lowest BCUT2D eigenvalue weighted by Crippen LogP contribution is -2.19. The SMILES string of the molecule is CNCCC(c1cccc2c1OCCO2)c1c[nH]c2cccc(Cl)c12. The molecule has 25 heavy (non-hydrogen) atoms. The monoisotopic (exact) mass is 356 g/mol. The minimum absolute atomic E-state index is 0.165. The summed E-state index contributed by atoms with van der Waals surface area (Å²) in [5.41, 5.74) is 3.39. The van der Waals surface area contributed by atoms with Crippen LogP contribution in [0.1, 0.15) is 23.5 Å². The van der Waals surface area contributed by atoms with E-state index in [1.54, 1.807) is 0 Å². The number of nitrogens with one attached hydrogen (secondary N) is 2. The molecule has 5 heteroatoms. The van der Waals surface area contributed by atoms with Crippen molar-refractivity contribution < 1.29 is 9.47 Å². The van der Waals surface area contributed by atoms with E-state index in [1.807, 2.05) is 31.3 Å². The quantitative estimate of drug-likeness (QED) is 0.715. The third kappa shape index (κ3) is 2.96. The maximum atomic E-state index is 6.52. The van der Waals surface area contributed by atoms with Gasteiger partial charge >= 0.3 is 0 Å². The van der Waals surface area contributed by atoms with E-state index in [1.165, 1.54) is 5.56 Å². The fourth-order valence-corrected chi connectivity index (χ4v) is 3.86. The Morgan fingerprint density at radius 2 is 1.96 bits per heavy atom. The Hall–Kier alpha value is -2.17. The standard InChI is InChI=1S/C20H21ClN2O2/c1-22-9-8-13(14-4-2-7-18-20(14)25-11-10-24-18)15-12-23-17-6-3-5-16(21)19(15)17/h2-7,12-13,22-23H,8-11H2,1H3. The van der Waals surface area contributed by atoms with Crippen molar-refractivity contribution in [3.05, 3.63) is 58.7 Å². The second-order valence-electron chi connectivity index (χ2n) is 6.22. The molecule has 130 valence electrons. The van der Waals surface area contributed by atoms with E-state index in [9.17, 15) is 0 Å². The summed E-state index contributed by atoms with van der Waals surface area (Å²) < 4.78 is 11.7. The van der Waals surface area contributed by atoms with Crippen LogP contribution in [0.25, 0.3) is 10.9 Å². The minimum atomic E-state index is 0.165. The molecule has 4 nitrogen and oxygen atoms in total. The second kappa shape index (κ2) is 6.98. The van der Waals surface area contributed by atoms with Crippen LogP contribution in [0.15, 0.2) is 42.6 Å². The Bertz CT molecular complexity index is 891. The Balaban J connectivity index is 1.87. The highest BCUT2D eigenvalue weighted by atomic mass is 35.5. The zero-order chi connectivity index (χ0) is 17.2. The number of aromatic nitrogens is 1. The predicted octanol–water partition coefficient (Wildman–Crippen LogP) is 4.33. The largest absolute Gasteiger partial charge is 0.486 e. The number of H-pyrrole nitrogens is 1. The fraction of sp³-hybridized carbons (Fsp3) is 0.300. The predicted molar refractivity (Wildman–Crippen MR) is 101 cm³/mol. The van der Waals surface area contributed by atoms with Gasteiger partial charge in [0, 0.05) is 28.6 Å². The summed E-state index contributed by atoms with van der Waals surface area (Å²) in [6, 6.07) is 12.1. The smallest absolute Gasteiger partial charge is 0.165 e. The van der Waals surface area contributed by atoms with Crippen LogP contribution in [0.5, 0.6) is 11.5 Å². The van der Waals surface area contributed by atoms with Gasteiger partial charge in [0.2, 0.25) is 0 Å². The van der Waals surface area contributed by atoms with E-state index in [-0.39, 0.29) is 5.92 Å². The van der Waals surface area contributed by atoms with E-state index >= 15 is 0 Å². The molecule has 1 aliphatic heterocycles. The number of fused-ring (bicyclic) bond motifs is 2. The zero-order valence-electron chi connectivity index (χ0n) is 14.1. The first-order chi connectivity index (χ1) is 12.3. The molecule has 0 bridgehead atoms.